The summed E-state index contributed by atoms with van der Waals surface area (Å²) in [4.78, 5) is 8.23. The maximum Gasteiger partial charge on any atom is 0.148 e. The summed E-state index contributed by atoms with van der Waals surface area (Å²) >= 11 is 6.17. The average Bonchev–Trinajstić information content (AvgIpc) is 2.43. The Balaban J connectivity index is 1.94. The fourth-order valence-electron chi connectivity index (χ4n) is 1.75. The molecule has 0 radical (unpaired) electrons. The third kappa shape index (κ3) is 3.64. The first kappa shape index (κ1) is 13.7. The molecule has 0 amide bonds. The summed E-state index contributed by atoms with van der Waals surface area (Å²) in [6.45, 7) is 2.68. The summed E-state index contributed by atoms with van der Waals surface area (Å²) in [5, 5.41) is 3.75. The van der Waals surface area contributed by atoms with Crippen molar-refractivity contribution in [3.8, 4) is 0 Å². The van der Waals surface area contributed by atoms with Crippen LogP contribution in [0, 0.1) is 5.82 Å². The third-order valence-corrected chi connectivity index (χ3v) is 3.21. The summed E-state index contributed by atoms with van der Waals surface area (Å²) in [6, 6.07) is 6.47. The van der Waals surface area contributed by atoms with E-state index in [-0.39, 0.29) is 5.82 Å². The Morgan fingerprint density at radius 1 is 1.21 bits per heavy atom. The minimum absolute atomic E-state index is 0.219. The lowest BCUT2D eigenvalue weighted by atomic mass is 10.1. The van der Waals surface area contributed by atoms with Crippen LogP contribution in [0.25, 0.3) is 0 Å². The molecule has 2 rings (SSSR count). The van der Waals surface area contributed by atoms with E-state index in [9.17, 15) is 4.39 Å². The molecule has 1 N–H and O–H groups in total. The number of aromatic nitrogens is 2. The van der Waals surface area contributed by atoms with Gasteiger partial charge in [0.25, 0.3) is 0 Å². The Labute approximate surface area is 116 Å². The second-order valence-electron chi connectivity index (χ2n) is 4.14. The van der Waals surface area contributed by atoms with E-state index in [1.54, 1.807) is 12.1 Å². The van der Waals surface area contributed by atoms with Crippen molar-refractivity contribution in [3.63, 3.8) is 0 Å². The van der Waals surface area contributed by atoms with Gasteiger partial charge in [-0.1, -0.05) is 30.7 Å². The predicted octanol–water partition coefficient (Wildman–Crippen LogP) is 3.49. The zero-order valence-electron chi connectivity index (χ0n) is 10.7. The number of rotatable bonds is 5. The molecular weight excluding hydrogens is 265 g/mol. The van der Waals surface area contributed by atoms with Crippen molar-refractivity contribution < 1.29 is 4.39 Å². The summed E-state index contributed by atoms with van der Waals surface area (Å²) in [5.74, 6) is 0.429. The number of anilines is 1. The SMILES string of the molecule is CCc1ncnc(NCCc2ccc(F)cc2)c1Cl. The molecule has 0 fully saturated rings. The Morgan fingerprint density at radius 3 is 2.63 bits per heavy atom. The van der Waals surface area contributed by atoms with Crippen molar-refractivity contribution in [2.45, 2.75) is 19.8 Å². The molecule has 0 aliphatic rings. The minimum atomic E-state index is -0.219. The maximum atomic E-state index is 12.8. The molecule has 0 aliphatic heterocycles. The van der Waals surface area contributed by atoms with Crippen LogP contribution in [0.1, 0.15) is 18.2 Å². The molecule has 3 nitrogen and oxygen atoms in total. The molecule has 1 heterocycles. The predicted molar refractivity (Wildman–Crippen MR) is 75.0 cm³/mol. The Morgan fingerprint density at radius 2 is 1.95 bits per heavy atom. The first-order valence-electron chi connectivity index (χ1n) is 6.18. The monoisotopic (exact) mass is 279 g/mol. The van der Waals surface area contributed by atoms with E-state index in [1.807, 2.05) is 6.92 Å². The van der Waals surface area contributed by atoms with Crippen LogP contribution < -0.4 is 5.32 Å². The van der Waals surface area contributed by atoms with Gasteiger partial charge in [0.15, 0.2) is 0 Å². The molecule has 19 heavy (non-hydrogen) atoms. The molecule has 0 saturated heterocycles. The van der Waals surface area contributed by atoms with Crippen molar-refractivity contribution in [1.29, 1.82) is 0 Å². The number of nitrogens with zero attached hydrogens (tertiary/aromatic N) is 2. The fraction of sp³-hybridized carbons (Fsp3) is 0.286. The molecule has 0 aliphatic carbocycles. The minimum Gasteiger partial charge on any atom is -0.368 e. The van der Waals surface area contributed by atoms with Gasteiger partial charge in [-0.05, 0) is 30.5 Å². The first-order valence-corrected chi connectivity index (χ1v) is 6.56. The molecule has 0 unspecified atom stereocenters. The number of nitrogens with one attached hydrogen (secondary N) is 1. The summed E-state index contributed by atoms with van der Waals surface area (Å²) in [6.07, 6.45) is 3.06. The quantitative estimate of drug-likeness (QED) is 0.910. The van der Waals surface area contributed by atoms with Gasteiger partial charge in [-0.2, -0.15) is 0 Å². The van der Waals surface area contributed by atoms with Crippen molar-refractivity contribution >= 4 is 17.4 Å². The van der Waals surface area contributed by atoms with Crippen LogP contribution >= 0.6 is 11.6 Å². The van der Waals surface area contributed by atoms with E-state index in [2.05, 4.69) is 15.3 Å². The highest BCUT2D eigenvalue weighted by molar-refractivity contribution is 6.33. The van der Waals surface area contributed by atoms with Gasteiger partial charge in [0, 0.05) is 6.54 Å². The highest BCUT2D eigenvalue weighted by Crippen LogP contribution is 2.21. The number of hydrogen-bond acceptors (Lipinski definition) is 3. The highest BCUT2D eigenvalue weighted by Gasteiger charge is 2.06. The number of hydrogen-bond donors (Lipinski definition) is 1. The maximum absolute atomic E-state index is 12.8. The van der Waals surface area contributed by atoms with Crippen LogP contribution in [0.5, 0.6) is 0 Å². The van der Waals surface area contributed by atoms with Crippen molar-refractivity contribution in [2.24, 2.45) is 0 Å². The molecule has 5 heteroatoms. The lowest BCUT2D eigenvalue weighted by Gasteiger charge is -2.09. The highest BCUT2D eigenvalue weighted by atomic mass is 35.5. The third-order valence-electron chi connectivity index (χ3n) is 2.82. The van der Waals surface area contributed by atoms with Gasteiger partial charge >= 0.3 is 0 Å². The molecule has 2 aromatic rings. The summed E-state index contributed by atoms with van der Waals surface area (Å²) in [7, 11) is 0. The molecule has 0 bridgehead atoms. The molecule has 0 saturated carbocycles. The molecular formula is C14H15ClFN3. The lowest BCUT2D eigenvalue weighted by molar-refractivity contribution is 0.627. The Bertz CT molecular complexity index is 543. The normalized spacial score (nSPS) is 10.5. The van der Waals surface area contributed by atoms with Gasteiger partial charge in [-0.25, -0.2) is 14.4 Å². The van der Waals surface area contributed by atoms with Gasteiger partial charge in [0.05, 0.1) is 5.69 Å². The summed E-state index contributed by atoms with van der Waals surface area (Å²) < 4.78 is 12.8. The Hall–Kier alpha value is -1.68. The van der Waals surface area contributed by atoms with Crippen molar-refractivity contribution in [2.75, 3.05) is 11.9 Å². The van der Waals surface area contributed by atoms with E-state index < -0.39 is 0 Å². The van der Waals surface area contributed by atoms with Crippen LogP contribution in [0.2, 0.25) is 5.02 Å². The standard InChI is InChI=1S/C14H15ClFN3/c1-2-12-13(15)14(19-9-18-12)17-8-7-10-3-5-11(16)6-4-10/h3-6,9H,2,7-8H2,1H3,(H,17,18,19). The van der Waals surface area contributed by atoms with E-state index in [1.165, 1.54) is 18.5 Å². The largest absolute Gasteiger partial charge is 0.368 e. The van der Waals surface area contributed by atoms with Crippen molar-refractivity contribution in [3.05, 3.63) is 52.7 Å². The molecule has 100 valence electrons. The smallest absolute Gasteiger partial charge is 0.148 e. The van der Waals surface area contributed by atoms with Crippen LogP contribution in [-0.4, -0.2) is 16.5 Å². The molecule has 0 atom stereocenters. The van der Waals surface area contributed by atoms with Crippen LogP contribution in [-0.2, 0) is 12.8 Å². The molecule has 0 spiro atoms. The average molecular weight is 280 g/mol. The van der Waals surface area contributed by atoms with Crippen LogP contribution in [0.15, 0.2) is 30.6 Å². The van der Waals surface area contributed by atoms with E-state index in [0.717, 1.165) is 24.1 Å². The molecule has 1 aromatic heterocycles. The van der Waals surface area contributed by atoms with E-state index in [0.29, 0.717) is 17.4 Å². The van der Waals surface area contributed by atoms with E-state index in [4.69, 9.17) is 11.6 Å². The zero-order chi connectivity index (χ0) is 13.7. The number of halogens is 2. The second-order valence-corrected chi connectivity index (χ2v) is 4.52. The van der Waals surface area contributed by atoms with Crippen LogP contribution in [0.4, 0.5) is 10.2 Å². The lowest BCUT2D eigenvalue weighted by Crippen LogP contribution is -2.08. The first-order chi connectivity index (χ1) is 9.20. The van der Waals surface area contributed by atoms with E-state index >= 15 is 0 Å². The second kappa shape index (κ2) is 6.48. The summed E-state index contributed by atoms with van der Waals surface area (Å²) in [5.41, 5.74) is 1.90. The number of benzene rings is 1. The van der Waals surface area contributed by atoms with Gasteiger partial charge in [-0.3, -0.25) is 0 Å². The molecule has 1 aromatic carbocycles. The fourth-order valence-corrected chi connectivity index (χ4v) is 2.05. The van der Waals surface area contributed by atoms with Gasteiger partial charge < -0.3 is 5.32 Å². The number of aryl methyl sites for hydroxylation is 1. The topological polar surface area (TPSA) is 37.8 Å². The van der Waals surface area contributed by atoms with Gasteiger partial charge in [0.2, 0.25) is 0 Å². The van der Waals surface area contributed by atoms with Crippen LogP contribution in [0.3, 0.4) is 0 Å². The zero-order valence-corrected chi connectivity index (χ0v) is 11.4. The van der Waals surface area contributed by atoms with Crippen molar-refractivity contribution in [1.82, 2.24) is 9.97 Å². The Kier molecular flexibility index (Phi) is 4.68. The van der Waals surface area contributed by atoms with Gasteiger partial charge in [0.1, 0.15) is 23.0 Å². The van der Waals surface area contributed by atoms with Gasteiger partial charge in [-0.15, -0.1) is 0 Å².